The lowest BCUT2D eigenvalue weighted by Crippen LogP contribution is -2.50. The van der Waals surface area contributed by atoms with Gasteiger partial charge in [0.1, 0.15) is 0 Å². The maximum absolute atomic E-state index is 9.77. The molecule has 2 aliphatic rings. The number of anilines is 1. The van der Waals surface area contributed by atoms with Gasteiger partial charge in [0.25, 0.3) is 0 Å². The molecule has 110 valence electrons. The van der Waals surface area contributed by atoms with Crippen LogP contribution < -0.4 is 4.90 Å². The van der Waals surface area contributed by atoms with Crippen LogP contribution in [-0.4, -0.2) is 48.3 Å². The molecule has 1 aromatic carbocycles. The summed E-state index contributed by atoms with van der Waals surface area (Å²) < 4.78 is 0. The molecule has 0 aromatic heterocycles. The Morgan fingerprint density at radius 2 is 1.60 bits per heavy atom. The Morgan fingerprint density at radius 3 is 2.35 bits per heavy atom. The van der Waals surface area contributed by atoms with Gasteiger partial charge in [-0.2, -0.15) is 0 Å². The van der Waals surface area contributed by atoms with Gasteiger partial charge in [-0.3, -0.25) is 4.90 Å². The summed E-state index contributed by atoms with van der Waals surface area (Å²) in [6, 6.07) is 11.4. The van der Waals surface area contributed by atoms with Crippen molar-refractivity contribution in [3.8, 4) is 0 Å². The minimum Gasteiger partial charge on any atom is -0.393 e. The van der Waals surface area contributed by atoms with Crippen LogP contribution in [0, 0.1) is 0 Å². The molecule has 1 saturated heterocycles. The van der Waals surface area contributed by atoms with E-state index in [2.05, 4.69) is 40.1 Å². The van der Waals surface area contributed by atoms with Crippen molar-refractivity contribution in [2.75, 3.05) is 31.1 Å². The Hall–Kier alpha value is -1.06. The van der Waals surface area contributed by atoms with Crippen LogP contribution in [0.2, 0.25) is 0 Å². The quantitative estimate of drug-likeness (QED) is 0.839. The lowest BCUT2D eigenvalue weighted by Gasteiger charge is -2.40. The maximum Gasteiger partial charge on any atom is 0.0540 e. The lowest BCUT2D eigenvalue weighted by molar-refractivity contribution is 0.142. The highest BCUT2D eigenvalue weighted by Gasteiger charge is 2.26. The van der Waals surface area contributed by atoms with Crippen LogP contribution in [0.3, 0.4) is 0 Å². The first-order valence-electron chi connectivity index (χ1n) is 8.05. The van der Waals surface area contributed by atoms with Crippen molar-refractivity contribution in [3.05, 3.63) is 30.3 Å². The number of para-hydroxylation sites is 1. The monoisotopic (exact) mass is 274 g/mol. The van der Waals surface area contributed by atoms with Crippen molar-refractivity contribution in [1.29, 1.82) is 0 Å². The minimum absolute atomic E-state index is 0.0504. The number of aliphatic hydroxyl groups excluding tert-OH is 1. The van der Waals surface area contributed by atoms with Gasteiger partial charge in [0.2, 0.25) is 0 Å². The predicted octanol–water partition coefficient (Wildman–Crippen LogP) is 2.50. The maximum atomic E-state index is 9.77. The third-order valence-corrected chi connectivity index (χ3v) is 4.86. The van der Waals surface area contributed by atoms with Crippen molar-refractivity contribution >= 4 is 5.69 Å². The number of benzene rings is 1. The molecule has 2 unspecified atom stereocenters. The van der Waals surface area contributed by atoms with E-state index in [4.69, 9.17) is 0 Å². The van der Waals surface area contributed by atoms with E-state index in [0.717, 1.165) is 39.0 Å². The Labute approximate surface area is 122 Å². The SMILES string of the molecule is OC1CCCC(N2CCN(c3ccccc3)CC2)CC1. The molecule has 2 fully saturated rings. The first-order valence-corrected chi connectivity index (χ1v) is 8.05. The van der Waals surface area contributed by atoms with Crippen molar-refractivity contribution in [2.45, 2.75) is 44.2 Å². The van der Waals surface area contributed by atoms with Crippen LogP contribution in [0.25, 0.3) is 0 Å². The van der Waals surface area contributed by atoms with Crippen molar-refractivity contribution in [1.82, 2.24) is 4.90 Å². The topological polar surface area (TPSA) is 26.7 Å². The second kappa shape index (κ2) is 6.59. The van der Waals surface area contributed by atoms with Crippen LogP contribution >= 0.6 is 0 Å². The average molecular weight is 274 g/mol. The molecule has 1 aromatic rings. The van der Waals surface area contributed by atoms with Crippen molar-refractivity contribution in [3.63, 3.8) is 0 Å². The van der Waals surface area contributed by atoms with E-state index >= 15 is 0 Å². The summed E-state index contributed by atoms with van der Waals surface area (Å²) in [5.41, 5.74) is 1.35. The molecular weight excluding hydrogens is 248 g/mol. The van der Waals surface area contributed by atoms with Crippen LogP contribution in [0.4, 0.5) is 5.69 Å². The van der Waals surface area contributed by atoms with Crippen LogP contribution in [0.5, 0.6) is 0 Å². The Kier molecular flexibility index (Phi) is 4.58. The normalized spacial score (nSPS) is 29.1. The largest absolute Gasteiger partial charge is 0.393 e. The van der Waals surface area contributed by atoms with Crippen molar-refractivity contribution in [2.24, 2.45) is 0 Å². The smallest absolute Gasteiger partial charge is 0.0540 e. The molecule has 1 N–H and O–H groups in total. The fourth-order valence-corrected chi connectivity index (χ4v) is 3.61. The number of nitrogens with zero attached hydrogens (tertiary/aromatic N) is 2. The molecule has 1 saturated carbocycles. The summed E-state index contributed by atoms with van der Waals surface area (Å²) in [4.78, 5) is 5.14. The summed E-state index contributed by atoms with van der Waals surface area (Å²) in [6.07, 6.45) is 5.56. The standard InChI is InChI=1S/C17H26N2O/c20-17-8-4-7-16(9-10-17)19-13-11-18(12-14-19)15-5-2-1-3-6-15/h1-3,5-6,16-17,20H,4,7-14H2. The number of hydrogen-bond donors (Lipinski definition) is 1. The number of aliphatic hydroxyl groups is 1. The highest BCUT2D eigenvalue weighted by Crippen LogP contribution is 2.24. The summed E-state index contributed by atoms with van der Waals surface area (Å²) >= 11 is 0. The average Bonchev–Trinajstić information content (AvgIpc) is 2.73. The van der Waals surface area contributed by atoms with Gasteiger partial charge in [-0.15, -0.1) is 0 Å². The fraction of sp³-hybridized carbons (Fsp3) is 0.647. The minimum atomic E-state index is -0.0504. The molecule has 0 bridgehead atoms. The summed E-state index contributed by atoms with van der Waals surface area (Å²) in [6.45, 7) is 4.58. The Bertz CT molecular complexity index is 401. The van der Waals surface area contributed by atoms with E-state index in [1.54, 1.807) is 0 Å². The zero-order chi connectivity index (χ0) is 13.8. The zero-order valence-corrected chi connectivity index (χ0v) is 12.2. The third-order valence-electron chi connectivity index (χ3n) is 4.86. The van der Waals surface area contributed by atoms with Gasteiger partial charge in [-0.25, -0.2) is 0 Å². The molecule has 0 radical (unpaired) electrons. The number of rotatable bonds is 2. The third kappa shape index (κ3) is 3.33. The molecule has 0 spiro atoms. The molecule has 3 nitrogen and oxygen atoms in total. The first-order chi connectivity index (χ1) is 9.83. The summed E-state index contributed by atoms with van der Waals surface area (Å²) in [5, 5.41) is 9.77. The van der Waals surface area contributed by atoms with E-state index in [1.807, 2.05) is 0 Å². The fourth-order valence-electron chi connectivity index (χ4n) is 3.61. The Morgan fingerprint density at radius 1 is 0.850 bits per heavy atom. The van der Waals surface area contributed by atoms with Crippen LogP contribution in [0.15, 0.2) is 30.3 Å². The number of hydrogen-bond acceptors (Lipinski definition) is 3. The van der Waals surface area contributed by atoms with Gasteiger partial charge >= 0.3 is 0 Å². The van der Waals surface area contributed by atoms with Crippen LogP contribution in [-0.2, 0) is 0 Å². The molecule has 3 rings (SSSR count). The molecule has 20 heavy (non-hydrogen) atoms. The molecule has 1 aliphatic heterocycles. The van der Waals surface area contributed by atoms with E-state index in [1.165, 1.54) is 24.9 Å². The van der Waals surface area contributed by atoms with E-state index in [-0.39, 0.29) is 6.10 Å². The van der Waals surface area contributed by atoms with E-state index in [9.17, 15) is 5.11 Å². The highest BCUT2D eigenvalue weighted by molar-refractivity contribution is 5.46. The molecule has 1 aliphatic carbocycles. The van der Waals surface area contributed by atoms with Crippen LogP contribution in [0.1, 0.15) is 32.1 Å². The number of piperazine rings is 1. The second-order valence-electron chi connectivity index (χ2n) is 6.17. The predicted molar refractivity (Wildman–Crippen MR) is 83.1 cm³/mol. The van der Waals surface area contributed by atoms with E-state index < -0.39 is 0 Å². The molecule has 0 amide bonds. The highest BCUT2D eigenvalue weighted by atomic mass is 16.3. The molecule has 1 heterocycles. The molecule has 3 heteroatoms. The van der Waals surface area contributed by atoms with Gasteiger partial charge < -0.3 is 10.0 Å². The Balaban J connectivity index is 1.53. The molecular formula is C17H26N2O. The van der Waals surface area contributed by atoms with Gasteiger partial charge in [-0.05, 0) is 44.2 Å². The summed E-state index contributed by atoms with van der Waals surface area (Å²) in [5.74, 6) is 0. The first kappa shape index (κ1) is 13.9. The van der Waals surface area contributed by atoms with Crippen molar-refractivity contribution < 1.29 is 5.11 Å². The second-order valence-corrected chi connectivity index (χ2v) is 6.17. The lowest BCUT2D eigenvalue weighted by atomic mass is 10.1. The van der Waals surface area contributed by atoms with Gasteiger partial charge in [-0.1, -0.05) is 18.2 Å². The zero-order valence-electron chi connectivity index (χ0n) is 12.2. The van der Waals surface area contributed by atoms with Gasteiger partial charge in [0, 0.05) is 37.9 Å². The van der Waals surface area contributed by atoms with E-state index in [0.29, 0.717) is 6.04 Å². The van der Waals surface area contributed by atoms with Gasteiger partial charge in [0.15, 0.2) is 0 Å². The van der Waals surface area contributed by atoms with Gasteiger partial charge in [0.05, 0.1) is 6.10 Å². The molecule has 2 atom stereocenters. The summed E-state index contributed by atoms with van der Waals surface area (Å²) in [7, 11) is 0.